The van der Waals surface area contributed by atoms with E-state index < -0.39 is 23.8 Å². The summed E-state index contributed by atoms with van der Waals surface area (Å²) in [6.07, 6.45) is 10.7. The molecule has 6 atom stereocenters. The van der Waals surface area contributed by atoms with Crippen LogP contribution in [0.5, 0.6) is 23.0 Å². The Hall–Kier alpha value is -4.56. The molecule has 1 saturated heterocycles. The highest BCUT2D eigenvalue weighted by Gasteiger charge is 2.65. The standard InChI is InChI=1S/C45H59N3O10/c1-4-6-23-54-44(51)48(29-31-13-15-39-40(25-31)56-30-55-39)41-28-37(46-52-3)35-26-32(11-7-9-20-49)34(12-8-10-21-50)42-36-27-33(53-24-19-47-17-18-47)14-16-38(36)58-45(41,43(35)42)57-22-5-2/h4-5,13-16,25-27,32,34,41-43,49-50H,1-2,6-12,17-24,28-30H2,3H3/t32-,34+,41-,42+,43+,45+/m0/s1. The molecule has 13 nitrogen and oxygen atoms in total. The number of nitrogens with zero attached hydrogens (tertiary/aromatic N) is 3. The van der Waals surface area contributed by atoms with Crippen molar-refractivity contribution in [3.05, 3.63) is 84.5 Å². The van der Waals surface area contributed by atoms with Crippen LogP contribution in [-0.4, -0.2) is 110 Å². The minimum atomic E-state index is -1.43. The van der Waals surface area contributed by atoms with Gasteiger partial charge < -0.3 is 43.5 Å². The SMILES string of the molecule is C=CCCOC(=O)N(Cc1ccc2c(c1)OCO2)[C@H]1CC(=NOC)C2=C[C@H](CCCCO)[C@@H](CCCCO)[C@@H]3c4cc(OCCN5CC5)ccc4O[C@@]1(OCC=C)[C@H]23. The topological polar surface area (TPSA) is 141 Å². The molecule has 3 heterocycles. The van der Waals surface area contributed by atoms with E-state index in [1.54, 1.807) is 17.1 Å². The van der Waals surface area contributed by atoms with Crippen LogP contribution in [0, 0.1) is 17.8 Å². The second kappa shape index (κ2) is 19.5. The predicted molar refractivity (Wildman–Crippen MR) is 218 cm³/mol. The van der Waals surface area contributed by atoms with Gasteiger partial charge in [-0.2, -0.15) is 0 Å². The Balaban J connectivity index is 1.40. The number of aliphatic hydroxyl groups is 2. The summed E-state index contributed by atoms with van der Waals surface area (Å²) in [7, 11) is 1.54. The normalized spacial score (nSPS) is 25.8. The fraction of sp³-hybridized carbons (Fsp3) is 0.556. The molecule has 5 aliphatic rings. The molecule has 0 spiro atoms. The number of benzene rings is 2. The first-order chi connectivity index (χ1) is 28.4. The Labute approximate surface area is 341 Å². The lowest BCUT2D eigenvalue weighted by atomic mass is 9.55. The van der Waals surface area contributed by atoms with Gasteiger partial charge in [-0.05, 0) is 85.4 Å². The van der Waals surface area contributed by atoms with Crippen LogP contribution in [-0.2, 0) is 20.9 Å². The molecular weight excluding hydrogens is 743 g/mol. The third kappa shape index (κ3) is 9.02. The molecule has 1 saturated carbocycles. The third-order valence-corrected chi connectivity index (χ3v) is 12.0. The number of amides is 1. The van der Waals surface area contributed by atoms with E-state index in [0.717, 1.165) is 67.8 Å². The first kappa shape index (κ1) is 41.6. The zero-order valence-corrected chi connectivity index (χ0v) is 33.7. The first-order valence-corrected chi connectivity index (χ1v) is 20.8. The van der Waals surface area contributed by atoms with Crippen LogP contribution in [0.25, 0.3) is 0 Å². The van der Waals surface area contributed by atoms with Crippen LogP contribution in [0.4, 0.5) is 4.79 Å². The van der Waals surface area contributed by atoms with Gasteiger partial charge in [-0.15, -0.1) is 13.2 Å². The van der Waals surface area contributed by atoms with Gasteiger partial charge in [0, 0.05) is 57.3 Å². The molecule has 2 aliphatic carbocycles. The second-order valence-electron chi connectivity index (χ2n) is 15.7. The molecule has 13 heteroatoms. The van der Waals surface area contributed by atoms with Gasteiger partial charge >= 0.3 is 6.09 Å². The van der Waals surface area contributed by atoms with Gasteiger partial charge in [0.2, 0.25) is 12.6 Å². The maximum atomic E-state index is 14.6. The summed E-state index contributed by atoms with van der Waals surface area (Å²) in [5, 5.41) is 24.4. The fourth-order valence-electron chi connectivity index (χ4n) is 9.29. The zero-order valence-electron chi connectivity index (χ0n) is 33.7. The minimum Gasteiger partial charge on any atom is -0.492 e. The molecule has 3 aliphatic heterocycles. The molecule has 0 bridgehead atoms. The number of aliphatic hydroxyl groups excluding tert-OH is 2. The van der Waals surface area contributed by atoms with Crippen molar-refractivity contribution in [3.8, 4) is 23.0 Å². The summed E-state index contributed by atoms with van der Waals surface area (Å²) >= 11 is 0. The number of ether oxygens (including phenoxy) is 6. The van der Waals surface area contributed by atoms with Crippen molar-refractivity contribution in [1.29, 1.82) is 0 Å². The van der Waals surface area contributed by atoms with Crippen molar-refractivity contribution in [2.24, 2.45) is 22.9 Å². The molecule has 2 N–H and O–H groups in total. The average Bonchev–Trinajstić information content (AvgIpc) is 3.94. The summed E-state index contributed by atoms with van der Waals surface area (Å²) in [6.45, 7) is 12.3. The van der Waals surface area contributed by atoms with E-state index in [0.29, 0.717) is 48.8 Å². The van der Waals surface area contributed by atoms with Crippen molar-refractivity contribution < 1.29 is 48.3 Å². The van der Waals surface area contributed by atoms with Crippen molar-refractivity contribution in [2.45, 2.75) is 75.7 Å². The number of carbonyl (C=O) groups is 1. The van der Waals surface area contributed by atoms with Crippen LogP contribution in [0.15, 0.2) is 78.5 Å². The largest absolute Gasteiger partial charge is 0.492 e. The summed E-state index contributed by atoms with van der Waals surface area (Å²) in [4.78, 5) is 24.2. The Morgan fingerprint density at radius 3 is 2.55 bits per heavy atom. The van der Waals surface area contributed by atoms with E-state index in [1.165, 1.54) is 7.11 Å². The number of hydrogen-bond acceptors (Lipinski definition) is 12. The van der Waals surface area contributed by atoms with E-state index >= 15 is 0 Å². The Morgan fingerprint density at radius 2 is 1.79 bits per heavy atom. The molecule has 0 aromatic heterocycles. The highest BCUT2D eigenvalue weighted by molar-refractivity contribution is 6.03. The lowest BCUT2D eigenvalue weighted by Crippen LogP contribution is -2.70. The van der Waals surface area contributed by atoms with Crippen LogP contribution in [0.1, 0.15) is 68.4 Å². The molecule has 2 aromatic rings. The highest BCUT2D eigenvalue weighted by Crippen LogP contribution is 2.62. The summed E-state index contributed by atoms with van der Waals surface area (Å²) < 4.78 is 38.1. The number of fused-ring (bicyclic) bond motifs is 3. The summed E-state index contributed by atoms with van der Waals surface area (Å²) in [5.74, 6) is 0.824. The molecule has 0 unspecified atom stereocenters. The molecule has 314 valence electrons. The van der Waals surface area contributed by atoms with E-state index in [4.69, 9.17) is 33.3 Å². The van der Waals surface area contributed by atoms with Gasteiger partial charge in [-0.3, -0.25) is 9.80 Å². The number of carbonyl (C=O) groups excluding carboxylic acids is 1. The Morgan fingerprint density at radius 1 is 1.00 bits per heavy atom. The van der Waals surface area contributed by atoms with E-state index in [1.807, 2.05) is 30.3 Å². The van der Waals surface area contributed by atoms with Crippen LogP contribution in [0.3, 0.4) is 0 Å². The number of hydrogen-bond donors (Lipinski definition) is 2. The number of unbranched alkanes of at least 4 members (excludes halogenated alkanes) is 2. The maximum absolute atomic E-state index is 14.6. The average molecular weight is 802 g/mol. The van der Waals surface area contributed by atoms with Gasteiger partial charge in [0.05, 0.1) is 24.8 Å². The zero-order chi connectivity index (χ0) is 40.5. The third-order valence-electron chi connectivity index (χ3n) is 12.0. The minimum absolute atomic E-state index is 0.0885. The fourth-order valence-corrected chi connectivity index (χ4v) is 9.29. The van der Waals surface area contributed by atoms with Gasteiger partial charge in [0.15, 0.2) is 11.5 Å². The van der Waals surface area contributed by atoms with Crippen LogP contribution >= 0.6 is 0 Å². The maximum Gasteiger partial charge on any atom is 0.410 e. The number of rotatable bonds is 22. The molecule has 7 rings (SSSR count). The molecule has 2 aromatic carbocycles. The number of allylic oxidation sites excluding steroid dienone is 1. The quantitative estimate of drug-likeness (QED) is 0.0577. The molecule has 2 fully saturated rings. The van der Waals surface area contributed by atoms with Crippen molar-refractivity contribution in [3.63, 3.8) is 0 Å². The van der Waals surface area contributed by atoms with Gasteiger partial charge in [0.25, 0.3) is 0 Å². The van der Waals surface area contributed by atoms with Crippen molar-refractivity contribution in [2.75, 3.05) is 66.6 Å². The first-order valence-electron chi connectivity index (χ1n) is 20.8. The molecular formula is C45H59N3O10. The lowest BCUT2D eigenvalue weighted by Gasteiger charge is -2.59. The predicted octanol–water partition coefficient (Wildman–Crippen LogP) is 6.59. The molecule has 0 radical (unpaired) electrons. The molecule has 1 amide bonds. The molecule has 58 heavy (non-hydrogen) atoms. The van der Waals surface area contributed by atoms with E-state index in [-0.39, 0.29) is 63.9 Å². The van der Waals surface area contributed by atoms with E-state index in [9.17, 15) is 15.0 Å². The Kier molecular flexibility index (Phi) is 14.0. The van der Waals surface area contributed by atoms with Crippen LogP contribution in [0.2, 0.25) is 0 Å². The second-order valence-corrected chi connectivity index (χ2v) is 15.7. The smallest absolute Gasteiger partial charge is 0.410 e. The highest BCUT2D eigenvalue weighted by atomic mass is 16.7. The van der Waals surface area contributed by atoms with Gasteiger partial charge in [-0.1, -0.05) is 42.3 Å². The van der Waals surface area contributed by atoms with Gasteiger partial charge in [-0.25, -0.2) is 4.79 Å². The monoisotopic (exact) mass is 801 g/mol. The lowest BCUT2D eigenvalue weighted by molar-refractivity contribution is -0.256. The Bertz CT molecular complexity index is 1810. The summed E-state index contributed by atoms with van der Waals surface area (Å²) in [5.41, 5.74) is 3.48. The number of oxime groups is 1. The van der Waals surface area contributed by atoms with Crippen molar-refractivity contribution in [1.82, 2.24) is 9.80 Å². The summed E-state index contributed by atoms with van der Waals surface area (Å²) in [6, 6.07) is 10.9. The van der Waals surface area contributed by atoms with Crippen molar-refractivity contribution >= 4 is 11.8 Å². The van der Waals surface area contributed by atoms with E-state index in [2.05, 4.69) is 35.4 Å². The van der Waals surface area contributed by atoms with Crippen LogP contribution < -0.4 is 18.9 Å². The van der Waals surface area contributed by atoms with Gasteiger partial charge in [0.1, 0.15) is 31.3 Å².